The highest BCUT2D eigenvalue weighted by Gasteiger charge is 2.52. The van der Waals surface area contributed by atoms with Crippen LogP contribution in [0.1, 0.15) is 25.3 Å². The Hall–Kier alpha value is -1.72. The average molecular weight is 342 g/mol. The van der Waals surface area contributed by atoms with Crippen LogP contribution in [0.5, 0.6) is 0 Å². The Balaban J connectivity index is 2.05. The number of carbonyl (C=O) groups is 2. The summed E-state index contributed by atoms with van der Waals surface area (Å²) < 4.78 is 5.69. The molecule has 1 saturated heterocycles. The number of nitrogens with zero attached hydrogens (tertiary/aromatic N) is 1. The quantitative estimate of drug-likeness (QED) is 0.897. The lowest BCUT2D eigenvalue weighted by atomic mass is 9.91. The number of carbonyl (C=O) groups excluding carboxylic acids is 2. The zero-order valence-electron chi connectivity index (χ0n) is 11.7. The van der Waals surface area contributed by atoms with E-state index in [0.29, 0.717) is 19.4 Å². The monoisotopic (exact) mass is 341 g/mol. The van der Waals surface area contributed by atoms with Crippen molar-refractivity contribution < 1.29 is 19.4 Å². The molecule has 1 fully saturated rings. The first-order chi connectivity index (χ1) is 10.4. The van der Waals surface area contributed by atoms with E-state index in [9.17, 15) is 14.7 Å². The number of halogens is 2. The van der Waals surface area contributed by atoms with E-state index in [-0.39, 0.29) is 27.4 Å². The molecule has 116 valence electrons. The average Bonchev–Trinajstić information content (AvgIpc) is 2.97. The molecule has 22 heavy (non-hydrogen) atoms. The number of aliphatic hydroxyl groups excluding tert-OH is 1. The van der Waals surface area contributed by atoms with Crippen LogP contribution >= 0.6 is 23.2 Å². The van der Waals surface area contributed by atoms with Gasteiger partial charge in [-0.1, -0.05) is 29.3 Å². The van der Waals surface area contributed by atoms with Crippen LogP contribution in [0, 0.1) is 0 Å². The fourth-order valence-electron chi connectivity index (χ4n) is 2.78. The zero-order chi connectivity index (χ0) is 16.1. The van der Waals surface area contributed by atoms with Crippen LogP contribution in [0.4, 0.5) is 0 Å². The van der Waals surface area contributed by atoms with E-state index in [2.05, 4.69) is 0 Å². The van der Waals surface area contributed by atoms with Crippen LogP contribution in [0.2, 0.25) is 10.0 Å². The first-order valence-corrected chi connectivity index (χ1v) is 7.54. The number of ketones is 1. The van der Waals surface area contributed by atoms with Crippen molar-refractivity contribution >= 4 is 34.9 Å². The molecular formula is C15H13Cl2NO4. The third-order valence-corrected chi connectivity index (χ3v) is 4.54. The fraction of sp³-hybridized carbons (Fsp3) is 0.333. The van der Waals surface area contributed by atoms with Gasteiger partial charge in [0.2, 0.25) is 23.2 Å². The third-order valence-electron chi connectivity index (χ3n) is 3.91. The molecule has 0 aromatic heterocycles. The van der Waals surface area contributed by atoms with Crippen LogP contribution in [0.15, 0.2) is 29.8 Å². The van der Waals surface area contributed by atoms with Crippen LogP contribution in [0.3, 0.4) is 0 Å². The maximum absolute atomic E-state index is 12.5. The van der Waals surface area contributed by atoms with Crippen molar-refractivity contribution in [2.45, 2.75) is 25.4 Å². The molecule has 1 atom stereocenters. The number of benzene rings is 1. The van der Waals surface area contributed by atoms with Crippen LogP contribution in [-0.2, 0) is 19.9 Å². The molecule has 2 aliphatic heterocycles. The highest BCUT2D eigenvalue weighted by atomic mass is 35.5. The molecule has 1 amide bonds. The Bertz CT molecular complexity index is 695. The van der Waals surface area contributed by atoms with Crippen molar-refractivity contribution in [1.82, 2.24) is 4.90 Å². The highest BCUT2D eigenvalue weighted by molar-refractivity contribution is 6.36. The van der Waals surface area contributed by atoms with Gasteiger partial charge in [0, 0.05) is 28.6 Å². The smallest absolute Gasteiger partial charge is 0.250 e. The van der Waals surface area contributed by atoms with Gasteiger partial charge in [0.15, 0.2) is 0 Å². The lowest BCUT2D eigenvalue weighted by Crippen LogP contribution is -2.33. The molecule has 1 N–H and O–H groups in total. The molecular weight excluding hydrogens is 329 g/mol. The van der Waals surface area contributed by atoms with Gasteiger partial charge in [-0.2, -0.15) is 0 Å². The zero-order valence-corrected chi connectivity index (χ0v) is 13.2. The molecule has 0 aliphatic carbocycles. The maximum atomic E-state index is 12.5. The second kappa shape index (κ2) is 5.18. The highest BCUT2D eigenvalue weighted by Crippen LogP contribution is 2.45. The summed E-state index contributed by atoms with van der Waals surface area (Å²) >= 11 is 12.3. The van der Waals surface area contributed by atoms with Crippen LogP contribution in [0.25, 0.3) is 0 Å². The Morgan fingerprint density at radius 2 is 1.91 bits per heavy atom. The van der Waals surface area contributed by atoms with Crippen molar-refractivity contribution in [3.63, 3.8) is 0 Å². The second-order valence-corrected chi connectivity index (χ2v) is 6.18. The molecule has 2 aliphatic rings. The first kappa shape index (κ1) is 15.2. The number of amides is 1. The third kappa shape index (κ3) is 2.08. The summed E-state index contributed by atoms with van der Waals surface area (Å²) in [5, 5.41) is 10.6. The normalized spacial score (nSPS) is 25.1. The standard InChI is InChI=1S/C15H13Cl2NO4/c1-15(11-8(16)4-2-5-9(11)17)13(21)12(20)14(22-15)18-7-3-6-10(18)19/h2,4-5,20H,3,6-7H2,1H3. The largest absolute Gasteiger partial charge is 0.501 e. The van der Waals surface area contributed by atoms with Crippen LogP contribution in [-0.4, -0.2) is 28.2 Å². The molecule has 0 bridgehead atoms. The minimum Gasteiger partial charge on any atom is -0.501 e. The van der Waals surface area contributed by atoms with E-state index in [1.54, 1.807) is 18.2 Å². The molecule has 1 aromatic carbocycles. The van der Waals surface area contributed by atoms with Gasteiger partial charge in [-0.25, -0.2) is 0 Å². The SMILES string of the molecule is CC1(c2c(Cl)cccc2Cl)OC(N2CCCC2=O)=C(O)C1=O. The Kier molecular flexibility index (Phi) is 3.57. The summed E-state index contributed by atoms with van der Waals surface area (Å²) in [5.74, 6) is -1.55. The van der Waals surface area contributed by atoms with E-state index in [1.165, 1.54) is 11.8 Å². The van der Waals surface area contributed by atoms with Crippen molar-refractivity contribution in [1.29, 1.82) is 0 Å². The van der Waals surface area contributed by atoms with Gasteiger partial charge < -0.3 is 9.84 Å². The van der Waals surface area contributed by atoms with E-state index < -0.39 is 17.1 Å². The summed E-state index contributed by atoms with van der Waals surface area (Å²) in [6, 6.07) is 4.82. The molecule has 2 heterocycles. The number of rotatable bonds is 2. The van der Waals surface area contributed by atoms with E-state index >= 15 is 0 Å². The van der Waals surface area contributed by atoms with Gasteiger partial charge >= 0.3 is 0 Å². The van der Waals surface area contributed by atoms with E-state index in [1.807, 2.05) is 0 Å². The van der Waals surface area contributed by atoms with Gasteiger partial charge in [0.25, 0.3) is 5.78 Å². The molecule has 1 unspecified atom stereocenters. The Labute approximate surface area is 137 Å². The van der Waals surface area contributed by atoms with Gasteiger partial charge in [-0.05, 0) is 25.5 Å². The molecule has 0 saturated carbocycles. The summed E-state index contributed by atoms with van der Waals surface area (Å²) in [6.07, 6.45) is 1.01. The summed E-state index contributed by atoms with van der Waals surface area (Å²) in [4.78, 5) is 25.6. The van der Waals surface area contributed by atoms with Crippen molar-refractivity contribution in [2.24, 2.45) is 0 Å². The minimum atomic E-state index is -1.56. The number of aliphatic hydroxyl groups is 1. The molecule has 5 nitrogen and oxygen atoms in total. The summed E-state index contributed by atoms with van der Waals surface area (Å²) in [7, 11) is 0. The van der Waals surface area contributed by atoms with Gasteiger partial charge in [-0.3, -0.25) is 14.5 Å². The second-order valence-electron chi connectivity index (χ2n) is 5.36. The number of Topliss-reactive ketones (excluding diaryl/α,β-unsaturated/α-hetero) is 1. The molecule has 3 rings (SSSR count). The Morgan fingerprint density at radius 3 is 2.45 bits per heavy atom. The van der Waals surface area contributed by atoms with Crippen molar-refractivity contribution in [3.8, 4) is 0 Å². The molecule has 0 spiro atoms. The summed E-state index contributed by atoms with van der Waals surface area (Å²) in [6.45, 7) is 1.88. The van der Waals surface area contributed by atoms with Crippen LogP contribution < -0.4 is 0 Å². The summed E-state index contributed by atoms with van der Waals surface area (Å²) in [5.41, 5.74) is -1.28. The number of hydrogen-bond donors (Lipinski definition) is 1. The predicted octanol–water partition coefficient (Wildman–Crippen LogP) is 3.16. The number of hydrogen-bond acceptors (Lipinski definition) is 4. The molecule has 0 radical (unpaired) electrons. The number of ether oxygens (including phenoxy) is 1. The molecule has 7 heteroatoms. The van der Waals surface area contributed by atoms with Gasteiger partial charge in [0.05, 0.1) is 0 Å². The van der Waals surface area contributed by atoms with E-state index in [4.69, 9.17) is 27.9 Å². The van der Waals surface area contributed by atoms with Gasteiger partial charge in [0.1, 0.15) is 0 Å². The topological polar surface area (TPSA) is 66.8 Å². The fourth-order valence-corrected chi connectivity index (χ4v) is 3.53. The maximum Gasteiger partial charge on any atom is 0.250 e. The predicted molar refractivity (Wildman–Crippen MR) is 80.5 cm³/mol. The Morgan fingerprint density at radius 1 is 1.27 bits per heavy atom. The number of likely N-dealkylation sites (tertiary alicyclic amines) is 1. The first-order valence-electron chi connectivity index (χ1n) is 6.78. The van der Waals surface area contributed by atoms with Crippen molar-refractivity contribution in [2.75, 3.05) is 6.54 Å². The minimum absolute atomic E-state index is 0.119. The lowest BCUT2D eigenvalue weighted by molar-refractivity contribution is -0.136. The van der Waals surface area contributed by atoms with Crippen molar-refractivity contribution in [3.05, 3.63) is 45.5 Å². The lowest BCUT2D eigenvalue weighted by Gasteiger charge is -2.27. The molecule has 1 aromatic rings. The van der Waals surface area contributed by atoms with Gasteiger partial charge in [-0.15, -0.1) is 0 Å². The van der Waals surface area contributed by atoms with E-state index in [0.717, 1.165) is 0 Å².